The second kappa shape index (κ2) is 7.44. The molecule has 0 fully saturated rings. The van der Waals surface area contributed by atoms with Crippen molar-refractivity contribution in [2.45, 2.75) is 33.1 Å². The number of hydrogen-bond acceptors (Lipinski definition) is 2. The zero-order valence-electron chi connectivity index (χ0n) is 12.8. The van der Waals surface area contributed by atoms with Gasteiger partial charge >= 0.3 is 7.12 Å². The average molecular weight is 282 g/mol. The Labute approximate surface area is 127 Å². The summed E-state index contributed by atoms with van der Waals surface area (Å²) in [6, 6.07) is 16.0. The van der Waals surface area contributed by atoms with Gasteiger partial charge in [0.1, 0.15) is 0 Å². The van der Waals surface area contributed by atoms with E-state index >= 15 is 0 Å². The fourth-order valence-corrected chi connectivity index (χ4v) is 2.33. The topological polar surface area (TPSA) is 40.5 Å². The lowest BCUT2D eigenvalue weighted by Gasteiger charge is -2.09. The molecule has 0 aliphatic rings. The maximum absolute atomic E-state index is 9.10. The van der Waals surface area contributed by atoms with Gasteiger partial charge in [-0.1, -0.05) is 68.8 Å². The van der Waals surface area contributed by atoms with Crippen molar-refractivity contribution < 1.29 is 10.0 Å². The molecular formula is C18H23BO2. The van der Waals surface area contributed by atoms with E-state index in [0.717, 1.165) is 23.5 Å². The minimum atomic E-state index is -1.40. The van der Waals surface area contributed by atoms with Gasteiger partial charge in [-0.25, -0.2) is 0 Å². The first kappa shape index (κ1) is 15.8. The van der Waals surface area contributed by atoms with E-state index in [9.17, 15) is 0 Å². The monoisotopic (exact) mass is 282 g/mol. The Balaban J connectivity index is 2.04. The largest absolute Gasteiger partial charge is 0.488 e. The Hall–Kier alpha value is -1.58. The second-order valence-corrected chi connectivity index (χ2v) is 5.74. The van der Waals surface area contributed by atoms with E-state index < -0.39 is 7.12 Å². The Bertz CT molecular complexity index is 546. The highest BCUT2D eigenvalue weighted by molar-refractivity contribution is 6.58. The SMILES string of the molecule is CCC(C)CCc1ccc(-c2ccc(B(O)O)cc2)cc1. The van der Waals surface area contributed by atoms with Crippen LogP contribution in [0, 0.1) is 5.92 Å². The molecule has 0 aliphatic carbocycles. The van der Waals surface area contributed by atoms with Gasteiger partial charge in [-0.15, -0.1) is 0 Å². The summed E-state index contributed by atoms with van der Waals surface area (Å²) in [5, 5.41) is 18.2. The zero-order valence-corrected chi connectivity index (χ0v) is 12.8. The van der Waals surface area contributed by atoms with Crippen molar-refractivity contribution >= 4 is 12.6 Å². The van der Waals surface area contributed by atoms with Gasteiger partial charge in [0.05, 0.1) is 0 Å². The third kappa shape index (κ3) is 4.45. The lowest BCUT2D eigenvalue weighted by molar-refractivity contribution is 0.426. The summed E-state index contributed by atoms with van der Waals surface area (Å²) in [7, 11) is -1.40. The third-order valence-electron chi connectivity index (χ3n) is 4.12. The maximum atomic E-state index is 9.10. The van der Waals surface area contributed by atoms with Crippen molar-refractivity contribution in [1.29, 1.82) is 0 Å². The van der Waals surface area contributed by atoms with Crippen molar-refractivity contribution in [2.24, 2.45) is 5.92 Å². The van der Waals surface area contributed by atoms with Gasteiger partial charge < -0.3 is 10.0 Å². The average Bonchev–Trinajstić information content (AvgIpc) is 2.53. The van der Waals surface area contributed by atoms with Crippen LogP contribution in [-0.4, -0.2) is 17.2 Å². The molecular weight excluding hydrogens is 259 g/mol. The van der Waals surface area contributed by atoms with Gasteiger partial charge in [0.25, 0.3) is 0 Å². The highest BCUT2D eigenvalue weighted by atomic mass is 16.4. The number of rotatable bonds is 6. The summed E-state index contributed by atoms with van der Waals surface area (Å²) in [6.07, 6.45) is 3.60. The molecule has 0 saturated heterocycles. The standard InChI is InChI=1S/C18H23BO2/c1-3-14(2)4-5-15-6-8-16(9-7-15)17-10-12-18(13-11-17)19(20)21/h6-14,20-21H,3-5H2,1-2H3. The predicted molar refractivity (Wildman–Crippen MR) is 89.5 cm³/mol. The van der Waals surface area contributed by atoms with Crippen LogP contribution in [-0.2, 0) is 6.42 Å². The van der Waals surface area contributed by atoms with Gasteiger partial charge in [-0.2, -0.15) is 0 Å². The second-order valence-electron chi connectivity index (χ2n) is 5.74. The molecule has 110 valence electrons. The van der Waals surface area contributed by atoms with Crippen LogP contribution in [0.1, 0.15) is 32.3 Å². The quantitative estimate of drug-likeness (QED) is 0.800. The Morgan fingerprint density at radius 1 is 0.905 bits per heavy atom. The van der Waals surface area contributed by atoms with Crippen LogP contribution in [0.25, 0.3) is 11.1 Å². The van der Waals surface area contributed by atoms with Crippen LogP contribution in [0.4, 0.5) is 0 Å². The summed E-state index contributed by atoms with van der Waals surface area (Å²) in [5.74, 6) is 0.780. The minimum absolute atomic E-state index is 0.518. The zero-order chi connectivity index (χ0) is 15.2. The number of hydrogen-bond donors (Lipinski definition) is 2. The number of aryl methyl sites for hydroxylation is 1. The summed E-state index contributed by atoms with van der Waals surface area (Å²) in [6.45, 7) is 4.53. The van der Waals surface area contributed by atoms with E-state index in [1.54, 1.807) is 12.1 Å². The molecule has 0 spiro atoms. The Kier molecular flexibility index (Phi) is 5.60. The molecule has 21 heavy (non-hydrogen) atoms. The number of benzene rings is 2. The van der Waals surface area contributed by atoms with Crippen LogP contribution in [0.15, 0.2) is 48.5 Å². The molecule has 0 aromatic heterocycles. The van der Waals surface area contributed by atoms with E-state index in [1.807, 2.05) is 12.1 Å². The molecule has 0 heterocycles. The highest BCUT2D eigenvalue weighted by Crippen LogP contribution is 2.20. The maximum Gasteiger partial charge on any atom is 0.488 e. The van der Waals surface area contributed by atoms with Crippen molar-refractivity contribution in [3.8, 4) is 11.1 Å². The van der Waals surface area contributed by atoms with Crippen molar-refractivity contribution in [3.05, 3.63) is 54.1 Å². The predicted octanol–water partition coefficient (Wildman–Crippen LogP) is 3.01. The molecule has 0 radical (unpaired) electrons. The van der Waals surface area contributed by atoms with Crippen LogP contribution < -0.4 is 5.46 Å². The van der Waals surface area contributed by atoms with E-state index in [4.69, 9.17) is 10.0 Å². The molecule has 2 aromatic rings. The van der Waals surface area contributed by atoms with Crippen LogP contribution in [0.2, 0.25) is 0 Å². The third-order valence-corrected chi connectivity index (χ3v) is 4.12. The van der Waals surface area contributed by atoms with Gasteiger partial charge in [0.15, 0.2) is 0 Å². The molecule has 2 N–H and O–H groups in total. The molecule has 0 aliphatic heterocycles. The van der Waals surface area contributed by atoms with Gasteiger partial charge in [-0.05, 0) is 40.9 Å². The summed E-state index contributed by atoms with van der Waals surface area (Å²) in [5.41, 5.74) is 4.14. The van der Waals surface area contributed by atoms with E-state index in [-0.39, 0.29) is 0 Å². The minimum Gasteiger partial charge on any atom is -0.423 e. The van der Waals surface area contributed by atoms with E-state index in [0.29, 0.717) is 5.46 Å². The summed E-state index contributed by atoms with van der Waals surface area (Å²) in [4.78, 5) is 0. The summed E-state index contributed by atoms with van der Waals surface area (Å²) < 4.78 is 0. The first-order valence-corrected chi connectivity index (χ1v) is 7.65. The fourth-order valence-electron chi connectivity index (χ4n) is 2.33. The molecule has 2 rings (SSSR count). The highest BCUT2D eigenvalue weighted by Gasteiger charge is 2.10. The molecule has 0 saturated carbocycles. The molecule has 0 bridgehead atoms. The fraction of sp³-hybridized carbons (Fsp3) is 0.333. The molecule has 1 atom stereocenters. The van der Waals surface area contributed by atoms with E-state index in [1.165, 1.54) is 18.4 Å². The molecule has 0 amide bonds. The van der Waals surface area contributed by atoms with Crippen molar-refractivity contribution in [1.82, 2.24) is 0 Å². The van der Waals surface area contributed by atoms with Gasteiger partial charge in [0.2, 0.25) is 0 Å². The summed E-state index contributed by atoms with van der Waals surface area (Å²) >= 11 is 0. The Morgan fingerprint density at radius 2 is 1.43 bits per heavy atom. The molecule has 2 nitrogen and oxygen atoms in total. The van der Waals surface area contributed by atoms with Gasteiger partial charge in [0, 0.05) is 0 Å². The lowest BCUT2D eigenvalue weighted by atomic mass is 9.80. The van der Waals surface area contributed by atoms with Gasteiger partial charge in [-0.3, -0.25) is 0 Å². The molecule has 3 heteroatoms. The van der Waals surface area contributed by atoms with Crippen LogP contribution in [0.5, 0.6) is 0 Å². The van der Waals surface area contributed by atoms with Crippen molar-refractivity contribution in [3.63, 3.8) is 0 Å². The molecule has 2 aromatic carbocycles. The van der Waals surface area contributed by atoms with Crippen LogP contribution >= 0.6 is 0 Å². The first-order valence-electron chi connectivity index (χ1n) is 7.65. The first-order chi connectivity index (χ1) is 10.1. The van der Waals surface area contributed by atoms with Crippen LogP contribution in [0.3, 0.4) is 0 Å². The normalized spacial score (nSPS) is 12.2. The molecule has 1 unspecified atom stereocenters. The smallest absolute Gasteiger partial charge is 0.423 e. The Morgan fingerprint density at radius 3 is 1.90 bits per heavy atom. The van der Waals surface area contributed by atoms with Crippen molar-refractivity contribution in [2.75, 3.05) is 0 Å². The van der Waals surface area contributed by atoms with E-state index in [2.05, 4.69) is 38.1 Å². The lowest BCUT2D eigenvalue weighted by Crippen LogP contribution is -2.29.